The molecule has 0 spiro atoms. The average Bonchev–Trinajstić information content (AvgIpc) is 3.11. The summed E-state index contributed by atoms with van der Waals surface area (Å²) in [6.45, 7) is 1.96. The largest absolute Gasteiger partial charge is 0.409 e. The van der Waals surface area contributed by atoms with E-state index in [9.17, 15) is 0 Å². The van der Waals surface area contributed by atoms with Gasteiger partial charge in [0.15, 0.2) is 5.84 Å². The number of hydrogen-bond donors (Lipinski definition) is 2. The Hall–Kier alpha value is -1.62. The summed E-state index contributed by atoms with van der Waals surface area (Å²) >= 11 is 0. The van der Waals surface area contributed by atoms with E-state index in [0.717, 1.165) is 30.5 Å². The lowest BCUT2D eigenvalue weighted by atomic mass is 10.0. The molecule has 0 radical (unpaired) electrons. The van der Waals surface area contributed by atoms with Gasteiger partial charge in [0.1, 0.15) is 0 Å². The number of amidine groups is 1. The molecule has 1 aliphatic rings. The van der Waals surface area contributed by atoms with Crippen molar-refractivity contribution in [3.8, 4) is 0 Å². The maximum atomic E-state index is 8.65. The molecule has 0 atom stereocenters. The van der Waals surface area contributed by atoms with E-state index in [1.807, 2.05) is 13.0 Å². The highest BCUT2D eigenvalue weighted by Crippen LogP contribution is 2.42. The van der Waals surface area contributed by atoms with E-state index >= 15 is 0 Å². The third kappa shape index (κ3) is 2.39. The highest BCUT2D eigenvalue weighted by molar-refractivity contribution is 5.96. The lowest BCUT2D eigenvalue weighted by Crippen LogP contribution is -2.18. The van der Waals surface area contributed by atoms with E-state index in [2.05, 4.69) is 10.1 Å². The van der Waals surface area contributed by atoms with Crippen molar-refractivity contribution in [2.75, 3.05) is 7.11 Å². The molecule has 0 bridgehead atoms. The minimum Gasteiger partial charge on any atom is -0.409 e. The van der Waals surface area contributed by atoms with Crippen molar-refractivity contribution in [2.45, 2.75) is 31.8 Å². The predicted molar refractivity (Wildman–Crippen MR) is 64.2 cm³/mol. The number of hydrogen-bond acceptors (Lipinski definition) is 4. The Morgan fingerprint density at radius 3 is 2.88 bits per heavy atom. The Bertz CT molecular complexity index is 453. The highest BCUT2D eigenvalue weighted by Gasteiger charge is 2.43. The molecule has 1 aromatic heterocycles. The third-order valence-electron chi connectivity index (χ3n) is 3.35. The monoisotopic (exact) mass is 235 g/mol. The first-order valence-corrected chi connectivity index (χ1v) is 5.59. The van der Waals surface area contributed by atoms with Crippen LogP contribution < -0.4 is 5.73 Å². The van der Waals surface area contributed by atoms with Crippen LogP contribution in [-0.4, -0.2) is 28.7 Å². The normalized spacial score (nSPS) is 18.1. The lowest BCUT2D eigenvalue weighted by Gasteiger charge is -2.15. The Kier molecular flexibility index (Phi) is 3.02. The Morgan fingerprint density at radius 1 is 1.65 bits per heavy atom. The van der Waals surface area contributed by atoms with Crippen LogP contribution in [0, 0.1) is 6.92 Å². The molecule has 1 aromatic rings. The minimum atomic E-state index is -0.0177. The predicted octanol–water partition coefficient (Wildman–Crippen LogP) is 1.21. The van der Waals surface area contributed by atoms with Gasteiger partial charge in [0.2, 0.25) is 0 Å². The Labute approximate surface area is 100 Å². The molecule has 0 saturated heterocycles. The topological polar surface area (TPSA) is 80.7 Å². The van der Waals surface area contributed by atoms with Crippen LogP contribution in [0.1, 0.15) is 29.7 Å². The van der Waals surface area contributed by atoms with Gasteiger partial charge in [0.05, 0.1) is 5.60 Å². The smallest absolute Gasteiger partial charge is 0.171 e. The SMILES string of the molecule is COC1(Cc2cc(C(N)=NO)cnc2C)CC1. The van der Waals surface area contributed by atoms with Crippen molar-refractivity contribution in [3.63, 3.8) is 0 Å². The molecule has 0 unspecified atom stereocenters. The second kappa shape index (κ2) is 4.33. The van der Waals surface area contributed by atoms with Gasteiger partial charge in [-0.1, -0.05) is 5.16 Å². The Morgan fingerprint density at radius 2 is 2.35 bits per heavy atom. The van der Waals surface area contributed by atoms with Crippen LogP contribution in [0.4, 0.5) is 0 Å². The van der Waals surface area contributed by atoms with E-state index in [1.165, 1.54) is 0 Å². The van der Waals surface area contributed by atoms with Gasteiger partial charge in [0.25, 0.3) is 0 Å². The van der Waals surface area contributed by atoms with Gasteiger partial charge in [-0.2, -0.15) is 0 Å². The van der Waals surface area contributed by atoms with E-state index in [1.54, 1.807) is 13.3 Å². The molecular weight excluding hydrogens is 218 g/mol. The summed E-state index contributed by atoms with van der Waals surface area (Å²) in [7, 11) is 1.74. The molecule has 92 valence electrons. The van der Waals surface area contributed by atoms with Gasteiger partial charge in [0, 0.05) is 31.0 Å². The summed E-state index contributed by atoms with van der Waals surface area (Å²) < 4.78 is 5.50. The molecule has 5 heteroatoms. The summed E-state index contributed by atoms with van der Waals surface area (Å²) in [5.41, 5.74) is 8.23. The molecule has 0 amide bonds. The van der Waals surface area contributed by atoms with E-state index in [4.69, 9.17) is 15.7 Å². The van der Waals surface area contributed by atoms with E-state index in [0.29, 0.717) is 5.56 Å². The summed E-state index contributed by atoms with van der Waals surface area (Å²) in [4.78, 5) is 4.27. The van der Waals surface area contributed by atoms with Crippen molar-refractivity contribution in [1.29, 1.82) is 0 Å². The third-order valence-corrected chi connectivity index (χ3v) is 3.35. The maximum absolute atomic E-state index is 8.65. The van der Waals surface area contributed by atoms with Crippen molar-refractivity contribution in [2.24, 2.45) is 10.9 Å². The zero-order valence-corrected chi connectivity index (χ0v) is 10.1. The second-order valence-corrected chi connectivity index (χ2v) is 4.52. The molecular formula is C12H17N3O2. The number of methoxy groups -OCH3 is 1. The molecule has 1 fully saturated rings. The fourth-order valence-corrected chi connectivity index (χ4v) is 1.90. The summed E-state index contributed by atoms with van der Waals surface area (Å²) in [5.74, 6) is 0.0843. The number of pyridine rings is 1. The van der Waals surface area contributed by atoms with Crippen LogP contribution in [0.3, 0.4) is 0 Å². The maximum Gasteiger partial charge on any atom is 0.171 e. The van der Waals surface area contributed by atoms with Gasteiger partial charge in [-0.15, -0.1) is 0 Å². The average molecular weight is 235 g/mol. The van der Waals surface area contributed by atoms with Crippen molar-refractivity contribution >= 4 is 5.84 Å². The first kappa shape index (κ1) is 11.9. The number of aryl methyl sites for hydroxylation is 1. The minimum absolute atomic E-state index is 0.0177. The standard InChI is InChI=1S/C12H17N3O2/c1-8-9(6-12(17-2)3-4-12)5-10(7-14-8)11(13)15-16/h5,7,16H,3-4,6H2,1-2H3,(H2,13,15). The highest BCUT2D eigenvalue weighted by atomic mass is 16.5. The zero-order chi connectivity index (χ0) is 12.5. The van der Waals surface area contributed by atoms with Gasteiger partial charge in [-0.05, 0) is 31.4 Å². The van der Waals surface area contributed by atoms with Crippen molar-refractivity contribution in [3.05, 3.63) is 29.1 Å². The van der Waals surface area contributed by atoms with Crippen LogP contribution in [0.15, 0.2) is 17.4 Å². The van der Waals surface area contributed by atoms with Crippen LogP contribution in [0.2, 0.25) is 0 Å². The van der Waals surface area contributed by atoms with Gasteiger partial charge in [-0.25, -0.2) is 0 Å². The molecule has 1 saturated carbocycles. The van der Waals surface area contributed by atoms with Crippen molar-refractivity contribution in [1.82, 2.24) is 4.98 Å². The molecule has 1 heterocycles. The number of nitrogens with zero attached hydrogens (tertiary/aromatic N) is 2. The molecule has 0 aliphatic heterocycles. The molecule has 17 heavy (non-hydrogen) atoms. The van der Waals surface area contributed by atoms with Gasteiger partial charge >= 0.3 is 0 Å². The van der Waals surface area contributed by atoms with Crippen LogP contribution in [-0.2, 0) is 11.2 Å². The number of aromatic nitrogens is 1. The van der Waals surface area contributed by atoms with E-state index < -0.39 is 0 Å². The second-order valence-electron chi connectivity index (χ2n) is 4.52. The fraction of sp³-hybridized carbons (Fsp3) is 0.500. The molecule has 2 rings (SSSR count). The molecule has 5 nitrogen and oxygen atoms in total. The number of ether oxygens (including phenoxy) is 1. The van der Waals surface area contributed by atoms with Crippen molar-refractivity contribution < 1.29 is 9.94 Å². The first-order valence-electron chi connectivity index (χ1n) is 5.59. The van der Waals surface area contributed by atoms with Gasteiger partial charge in [-0.3, -0.25) is 4.98 Å². The zero-order valence-electron chi connectivity index (χ0n) is 10.1. The Balaban J connectivity index is 2.27. The summed E-state index contributed by atoms with van der Waals surface area (Å²) in [6, 6.07) is 1.91. The first-order chi connectivity index (χ1) is 8.10. The summed E-state index contributed by atoms with van der Waals surface area (Å²) in [5, 5.41) is 11.6. The van der Waals surface area contributed by atoms with Crippen LogP contribution in [0.25, 0.3) is 0 Å². The quantitative estimate of drug-likeness (QED) is 0.356. The van der Waals surface area contributed by atoms with Crippen LogP contribution >= 0.6 is 0 Å². The molecule has 3 N–H and O–H groups in total. The number of nitrogens with two attached hydrogens (primary N) is 1. The molecule has 1 aliphatic carbocycles. The summed E-state index contributed by atoms with van der Waals surface area (Å²) in [6.07, 6.45) is 4.60. The molecule has 0 aromatic carbocycles. The van der Waals surface area contributed by atoms with E-state index in [-0.39, 0.29) is 11.4 Å². The van der Waals surface area contributed by atoms with Gasteiger partial charge < -0.3 is 15.7 Å². The lowest BCUT2D eigenvalue weighted by molar-refractivity contribution is 0.0805. The fourth-order valence-electron chi connectivity index (χ4n) is 1.90. The van der Waals surface area contributed by atoms with Crippen LogP contribution in [0.5, 0.6) is 0 Å². The number of oxime groups is 1. The number of rotatable bonds is 4.